The van der Waals surface area contributed by atoms with Crippen molar-refractivity contribution in [3.8, 4) is 5.82 Å². The first-order chi connectivity index (χ1) is 18.8. The fourth-order valence-electron chi connectivity index (χ4n) is 5.19. The summed E-state index contributed by atoms with van der Waals surface area (Å²) in [6, 6.07) is 13.8. The van der Waals surface area contributed by atoms with E-state index in [2.05, 4.69) is 39.3 Å². The summed E-state index contributed by atoms with van der Waals surface area (Å²) in [5, 5.41) is 14.9. The maximum atomic E-state index is 13.5. The monoisotopic (exact) mass is 526 g/mol. The largest absolute Gasteiger partial charge is 0.384 e. The Balaban J connectivity index is 1.38. The Bertz CT molecular complexity index is 1590. The number of benzene rings is 1. The molecule has 2 aliphatic rings. The molecule has 0 aliphatic carbocycles. The van der Waals surface area contributed by atoms with Gasteiger partial charge in [0, 0.05) is 43.8 Å². The first-order valence-corrected chi connectivity index (χ1v) is 13.4. The summed E-state index contributed by atoms with van der Waals surface area (Å²) < 4.78 is 3.36. The number of nitrogens with one attached hydrogen (secondary N) is 1. The third-order valence-corrected chi connectivity index (χ3v) is 7.79. The summed E-state index contributed by atoms with van der Waals surface area (Å²) >= 11 is 0. The Morgan fingerprint density at radius 2 is 1.79 bits per heavy atom. The van der Waals surface area contributed by atoms with Crippen LogP contribution in [0.3, 0.4) is 0 Å². The van der Waals surface area contributed by atoms with Crippen LogP contribution in [0.25, 0.3) is 16.9 Å². The van der Waals surface area contributed by atoms with Crippen molar-refractivity contribution in [1.82, 2.24) is 29.2 Å². The molecule has 202 valence electrons. The Morgan fingerprint density at radius 1 is 1.03 bits per heavy atom. The summed E-state index contributed by atoms with van der Waals surface area (Å²) in [5.41, 5.74) is 2.89. The highest BCUT2D eigenvalue weighted by Gasteiger charge is 2.27. The molecule has 10 nitrogen and oxygen atoms in total. The average molecular weight is 527 g/mol. The number of hydrogen-bond acceptors (Lipinski definition) is 8. The Morgan fingerprint density at radius 3 is 2.56 bits per heavy atom. The van der Waals surface area contributed by atoms with Gasteiger partial charge in [-0.05, 0) is 70.1 Å². The van der Waals surface area contributed by atoms with Crippen LogP contribution in [0.1, 0.15) is 32.4 Å². The number of aromatic nitrogens is 5. The number of nitrogens with zero attached hydrogens (tertiary/aromatic N) is 7. The molecule has 1 fully saturated rings. The zero-order valence-electron chi connectivity index (χ0n) is 22.6. The van der Waals surface area contributed by atoms with Gasteiger partial charge in [0.1, 0.15) is 11.0 Å². The van der Waals surface area contributed by atoms with E-state index in [0.29, 0.717) is 47.9 Å². The van der Waals surface area contributed by atoms with Crippen LogP contribution in [-0.2, 0) is 12.1 Å². The van der Waals surface area contributed by atoms with E-state index < -0.39 is 5.60 Å². The Labute approximate surface area is 227 Å². The molecule has 4 aromatic rings. The van der Waals surface area contributed by atoms with Crippen molar-refractivity contribution in [3.05, 3.63) is 76.4 Å². The zero-order chi connectivity index (χ0) is 27.1. The highest BCUT2D eigenvalue weighted by atomic mass is 16.3. The van der Waals surface area contributed by atoms with E-state index in [4.69, 9.17) is 9.97 Å². The molecule has 39 heavy (non-hydrogen) atoms. The number of anilines is 3. The van der Waals surface area contributed by atoms with Crippen LogP contribution in [0.15, 0.2) is 65.1 Å². The van der Waals surface area contributed by atoms with Crippen molar-refractivity contribution in [2.45, 2.75) is 38.8 Å². The molecule has 5 heterocycles. The van der Waals surface area contributed by atoms with Crippen molar-refractivity contribution < 1.29 is 5.11 Å². The fraction of sp³-hybridized carbons (Fsp3) is 0.379. The molecular formula is C29H34N8O2. The number of fused-ring (bicyclic) bond motifs is 6. The van der Waals surface area contributed by atoms with Crippen LogP contribution in [0.4, 0.5) is 17.3 Å². The molecule has 1 saturated heterocycles. The second-order valence-corrected chi connectivity index (χ2v) is 10.8. The van der Waals surface area contributed by atoms with Gasteiger partial charge in [0.05, 0.1) is 12.2 Å². The standard InChI is InChI=1S/C29H34N8O2/c1-20-11-13-29(2,39)24-5-4-6-25(32-24)37-26-23(27(38)36(37)14-12-20)19-30-28(33-26)31-21-7-9-22(10-8-21)35-17-15-34(3)16-18-35/h4-10,12,19,39H,11,13-18H2,1-3H3,(H,30,31,33). The minimum atomic E-state index is -1.10. The number of aliphatic hydroxyl groups is 1. The van der Waals surface area contributed by atoms with Crippen molar-refractivity contribution in [3.63, 3.8) is 0 Å². The number of rotatable bonds is 3. The maximum Gasteiger partial charge on any atom is 0.278 e. The molecule has 6 rings (SSSR count). The van der Waals surface area contributed by atoms with Crippen molar-refractivity contribution in [2.24, 2.45) is 0 Å². The van der Waals surface area contributed by atoms with Crippen LogP contribution in [0.5, 0.6) is 0 Å². The molecule has 0 amide bonds. The molecule has 1 unspecified atom stereocenters. The lowest BCUT2D eigenvalue weighted by atomic mass is 9.93. The lowest BCUT2D eigenvalue weighted by Gasteiger charge is -2.34. The SMILES string of the molecule is CC1=CCn2c(=O)c3cnc(Nc4ccc(N5CCN(C)CC5)cc4)nc3n2-c2cccc(n2)C(C)(O)CC1. The predicted molar refractivity (Wildman–Crippen MR) is 153 cm³/mol. The zero-order valence-corrected chi connectivity index (χ0v) is 22.6. The number of pyridine rings is 1. The van der Waals surface area contributed by atoms with Crippen molar-refractivity contribution in [1.29, 1.82) is 0 Å². The van der Waals surface area contributed by atoms with Gasteiger partial charge in [-0.25, -0.2) is 19.3 Å². The fourth-order valence-corrected chi connectivity index (χ4v) is 5.19. The Hall–Kier alpha value is -4.02. The van der Waals surface area contributed by atoms with Gasteiger partial charge in [0.15, 0.2) is 11.5 Å². The lowest BCUT2D eigenvalue weighted by Crippen LogP contribution is -2.44. The summed E-state index contributed by atoms with van der Waals surface area (Å²) in [5.74, 6) is 0.911. The molecule has 0 saturated carbocycles. The quantitative estimate of drug-likeness (QED) is 0.392. The van der Waals surface area contributed by atoms with Gasteiger partial charge in [-0.15, -0.1) is 0 Å². The second-order valence-electron chi connectivity index (χ2n) is 10.8. The molecule has 10 heteroatoms. The number of likely N-dealkylation sites (N-methyl/N-ethyl adjacent to an activating group) is 1. The topological polar surface area (TPSA) is 104 Å². The highest BCUT2D eigenvalue weighted by molar-refractivity contribution is 5.77. The predicted octanol–water partition coefficient (Wildman–Crippen LogP) is 3.42. The van der Waals surface area contributed by atoms with Gasteiger partial charge >= 0.3 is 0 Å². The highest BCUT2D eigenvalue weighted by Crippen LogP contribution is 2.28. The molecule has 2 bridgehead atoms. The maximum absolute atomic E-state index is 13.5. The summed E-state index contributed by atoms with van der Waals surface area (Å²) in [6.45, 7) is 8.30. The van der Waals surface area contributed by atoms with Gasteiger partial charge in [0.2, 0.25) is 5.95 Å². The molecular weight excluding hydrogens is 492 g/mol. The molecule has 3 aromatic heterocycles. The van der Waals surface area contributed by atoms with Crippen LogP contribution in [0, 0.1) is 0 Å². The minimum absolute atomic E-state index is 0.185. The van der Waals surface area contributed by atoms with Gasteiger partial charge in [-0.3, -0.25) is 4.79 Å². The lowest BCUT2D eigenvalue weighted by molar-refractivity contribution is 0.0435. The Kier molecular flexibility index (Phi) is 6.44. The summed E-state index contributed by atoms with van der Waals surface area (Å²) in [7, 11) is 2.15. The van der Waals surface area contributed by atoms with Gasteiger partial charge < -0.3 is 20.2 Å². The van der Waals surface area contributed by atoms with Crippen molar-refractivity contribution >= 4 is 28.4 Å². The number of piperazine rings is 1. The van der Waals surface area contributed by atoms with Crippen LogP contribution in [0.2, 0.25) is 0 Å². The van der Waals surface area contributed by atoms with E-state index in [9.17, 15) is 9.90 Å². The normalized spacial score (nSPS) is 20.3. The molecule has 2 aliphatic heterocycles. The van der Waals surface area contributed by atoms with Gasteiger partial charge in [-0.2, -0.15) is 4.98 Å². The third kappa shape index (κ3) is 4.93. The minimum Gasteiger partial charge on any atom is -0.384 e. The van der Waals surface area contributed by atoms with Crippen LogP contribution >= 0.6 is 0 Å². The first-order valence-electron chi connectivity index (χ1n) is 13.4. The molecule has 2 N–H and O–H groups in total. The summed E-state index contributed by atoms with van der Waals surface area (Å²) in [6.07, 6.45) is 4.84. The van der Waals surface area contributed by atoms with Crippen LogP contribution < -0.4 is 15.8 Å². The molecule has 0 radical (unpaired) electrons. The van der Waals surface area contributed by atoms with E-state index in [1.165, 1.54) is 5.69 Å². The van der Waals surface area contributed by atoms with E-state index in [0.717, 1.165) is 37.4 Å². The van der Waals surface area contributed by atoms with E-state index in [-0.39, 0.29) is 5.56 Å². The first kappa shape index (κ1) is 25.3. The summed E-state index contributed by atoms with van der Waals surface area (Å²) in [4.78, 5) is 32.2. The average Bonchev–Trinajstić information content (AvgIpc) is 3.21. The smallest absolute Gasteiger partial charge is 0.278 e. The molecule has 1 aromatic carbocycles. The van der Waals surface area contributed by atoms with E-state index in [1.807, 2.05) is 43.3 Å². The third-order valence-electron chi connectivity index (χ3n) is 7.79. The van der Waals surface area contributed by atoms with Gasteiger partial charge in [0.25, 0.3) is 5.56 Å². The van der Waals surface area contributed by atoms with Crippen LogP contribution in [-0.4, -0.2) is 67.5 Å². The van der Waals surface area contributed by atoms with E-state index in [1.54, 1.807) is 22.5 Å². The van der Waals surface area contributed by atoms with Gasteiger partial charge in [-0.1, -0.05) is 17.7 Å². The molecule has 1 atom stereocenters. The van der Waals surface area contributed by atoms with E-state index >= 15 is 0 Å². The number of hydrogen-bond donors (Lipinski definition) is 2. The second kappa shape index (κ2) is 9.94. The molecule has 0 spiro atoms. The van der Waals surface area contributed by atoms with Crippen molar-refractivity contribution in [2.75, 3.05) is 43.4 Å². The number of allylic oxidation sites excluding steroid dienone is 2.